The maximum Gasteiger partial charge on any atom is 0.325 e. The molecule has 4 rings (SSSR count). The lowest BCUT2D eigenvalue weighted by molar-refractivity contribution is -0.191. The lowest BCUT2D eigenvalue weighted by atomic mass is 9.84. The molecule has 3 aliphatic rings. The number of carbonyl (C=O) groups is 6. The topological polar surface area (TPSA) is 224 Å². The lowest BCUT2D eigenvalue weighted by Gasteiger charge is -2.36. The van der Waals surface area contributed by atoms with Crippen LogP contribution < -0.4 is 16.1 Å². The van der Waals surface area contributed by atoms with Gasteiger partial charge in [-0.25, -0.2) is 14.9 Å². The summed E-state index contributed by atoms with van der Waals surface area (Å²) in [7, 11) is 0. The summed E-state index contributed by atoms with van der Waals surface area (Å²) in [6.45, 7) is 9.13. The van der Waals surface area contributed by atoms with E-state index >= 15 is 0 Å². The highest BCUT2D eigenvalue weighted by molar-refractivity contribution is 5.93. The fourth-order valence-electron chi connectivity index (χ4n) is 7.57. The summed E-state index contributed by atoms with van der Waals surface area (Å²) in [6, 6.07) is -0.356. The maximum atomic E-state index is 14.5. The number of ketones is 1. The van der Waals surface area contributed by atoms with Gasteiger partial charge in [0.15, 0.2) is 0 Å². The number of aliphatic hydroxyl groups excluding tert-OH is 2. The van der Waals surface area contributed by atoms with Crippen molar-refractivity contribution in [3.05, 3.63) is 77.7 Å². The monoisotopic (exact) mass is 881 g/mol. The Balaban J connectivity index is 1.71. The highest BCUT2D eigenvalue weighted by Crippen LogP contribution is 2.25. The molecule has 0 aromatic heterocycles. The Hall–Kier alpha value is -5.23. The number of benzene rings is 1. The van der Waals surface area contributed by atoms with Crippen LogP contribution in [0.25, 0.3) is 0 Å². The summed E-state index contributed by atoms with van der Waals surface area (Å²) in [5.41, 5.74) is 3.71. The van der Waals surface area contributed by atoms with Crippen LogP contribution in [0.4, 0.5) is 4.39 Å². The van der Waals surface area contributed by atoms with Crippen LogP contribution in [-0.2, 0) is 44.8 Å². The first-order valence-corrected chi connectivity index (χ1v) is 21.8. The van der Waals surface area contributed by atoms with Crippen molar-refractivity contribution in [2.45, 2.75) is 129 Å². The number of aromatic hydroxyl groups is 1. The molecule has 8 unspecified atom stereocenters. The Bertz CT molecular complexity index is 1870. The third kappa shape index (κ3) is 15.5. The van der Waals surface area contributed by atoms with Crippen LogP contribution >= 0.6 is 0 Å². The molecule has 0 radical (unpaired) electrons. The number of hydroxylamine groups is 2. The number of aliphatic hydroxyl groups is 2. The van der Waals surface area contributed by atoms with Crippen LogP contribution in [-0.4, -0.2) is 117 Å². The van der Waals surface area contributed by atoms with Crippen LogP contribution in [0.15, 0.2) is 66.3 Å². The zero-order chi connectivity index (χ0) is 46.2. The minimum atomic E-state index is -1.42. The average molecular weight is 882 g/mol. The first kappa shape index (κ1) is 50.4. The van der Waals surface area contributed by atoms with E-state index in [1.165, 1.54) is 35.2 Å². The molecule has 6 N–H and O–H groups in total. The van der Waals surface area contributed by atoms with E-state index in [0.29, 0.717) is 31.6 Å². The number of cyclic esters (lactones) is 1. The van der Waals surface area contributed by atoms with Crippen molar-refractivity contribution in [3.8, 4) is 5.75 Å². The molecule has 63 heavy (non-hydrogen) atoms. The molecule has 0 spiro atoms. The Kier molecular flexibility index (Phi) is 19.7. The minimum absolute atomic E-state index is 0.0635. The number of hydrogen-bond donors (Lipinski definition) is 6. The number of amides is 4. The van der Waals surface area contributed by atoms with Gasteiger partial charge in [-0.15, -0.1) is 0 Å². The molecule has 1 aromatic rings. The van der Waals surface area contributed by atoms with Gasteiger partial charge in [0.05, 0.1) is 24.7 Å². The number of Topliss-reactive ketones (excluding diaryl/α,β-unsaturated/α-hetero) is 1. The highest BCUT2D eigenvalue weighted by atomic mass is 19.1. The third-order valence-corrected chi connectivity index (χ3v) is 11.4. The van der Waals surface area contributed by atoms with E-state index in [4.69, 9.17) is 9.57 Å². The lowest BCUT2D eigenvalue weighted by Crippen LogP contribution is -2.62. The normalized spacial score (nSPS) is 27.7. The fraction of sp³-hybridized carbons (Fsp3) is 0.565. The molecule has 2 bridgehead atoms. The van der Waals surface area contributed by atoms with Crippen LogP contribution in [0.5, 0.6) is 5.75 Å². The molecular weight excluding hydrogens is 818 g/mol. The summed E-state index contributed by atoms with van der Waals surface area (Å²) in [6.07, 6.45) is 10.1. The largest absolute Gasteiger partial charge is 0.508 e. The molecule has 346 valence electrons. The van der Waals surface area contributed by atoms with Crippen molar-refractivity contribution in [1.82, 2.24) is 26.1 Å². The van der Waals surface area contributed by atoms with Gasteiger partial charge in [0.1, 0.15) is 41.6 Å². The van der Waals surface area contributed by atoms with Crippen molar-refractivity contribution in [3.63, 3.8) is 0 Å². The molecular formula is C46H64FN5O11. The number of phenolic OH excluding ortho intramolecular Hbond substituents is 1. The molecule has 3 heterocycles. The molecule has 17 heteroatoms. The first-order chi connectivity index (χ1) is 29.9. The van der Waals surface area contributed by atoms with Gasteiger partial charge in [0.25, 0.3) is 11.8 Å². The number of phenols is 1. The molecule has 16 nitrogen and oxygen atoms in total. The molecule has 3 aliphatic heterocycles. The minimum Gasteiger partial charge on any atom is -0.508 e. The summed E-state index contributed by atoms with van der Waals surface area (Å²) < 4.78 is 20.5. The molecule has 0 saturated carbocycles. The van der Waals surface area contributed by atoms with Gasteiger partial charge >= 0.3 is 5.97 Å². The SMILES string of the molecule is CC(=O)CCCC1C(=O)NC(C(C)C)C(=O)NC(Cc2cc(O)cc(F)c2)C(=O)N2CCCC(N2)C(=O)OC(C(C)=CC=CC(=O)N2CCCCO2)CC=CC=CC(O)C(C)C1O. The van der Waals surface area contributed by atoms with E-state index in [9.17, 15) is 48.5 Å². The van der Waals surface area contributed by atoms with Gasteiger partial charge in [-0.05, 0) is 81.6 Å². The number of ether oxygens (including phenoxy) is 1. The Labute approximate surface area is 368 Å². The van der Waals surface area contributed by atoms with Crippen LogP contribution in [0.3, 0.4) is 0 Å². The van der Waals surface area contributed by atoms with Gasteiger partial charge in [-0.1, -0.05) is 57.2 Å². The fourth-order valence-corrected chi connectivity index (χ4v) is 7.57. The number of hydrogen-bond acceptors (Lipinski definition) is 12. The predicted molar refractivity (Wildman–Crippen MR) is 230 cm³/mol. The van der Waals surface area contributed by atoms with Gasteiger partial charge < -0.3 is 35.5 Å². The van der Waals surface area contributed by atoms with E-state index < -0.39 is 89.4 Å². The molecule has 2 fully saturated rings. The summed E-state index contributed by atoms with van der Waals surface area (Å²) in [5.74, 6) is -7.01. The number of rotatable bonds is 10. The maximum absolute atomic E-state index is 14.5. The Morgan fingerprint density at radius 1 is 1.00 bits per heavy atom. The van der Waals surface area contributed by atoms with Crippen LogP contribution in [0.1, 0.15) is 91.5 Å². The summed E-state index contributed by atoms with van der Waals surface area (Å²) in [4.78, 5) is 86.3. The number of halogens is 1. The highest BCUT2D eigenvalue weighted by Gasteiger charge is 2.38. The van der Waals surface area contributed by atoms with E-state index in [-0.39, 0.29) is 55.9 Å². The molecule has 8 atom stereocenters. The Morgan fingerprint density at radius 2 is 1.76 bits per heavy atom. The number of hydrazine groups is 1. The van der Waals surface area contributed by atoms with Crippen molar-refractivity contribution < 1.29 is 58.1 Å². The zero-order valence-electron chi connectivity index (χ0n) is 36.8. The summed E-state index contributed by atoms with van der Waals surface area (Å²) >= 11 is 0. The summed E-state index contributed by atoms with van der Waals surface area (Å²) in [5, 5.41) is 40.8. The average Bonchev–Trinajstić information content (AvgIpc) is 3.24. The van der Waals surface area contributed by atoms with Gasteiger partial charge in [0.2, 0.25) is 11.8 Å². The predicted octanol–water partition coefficient (Wildman–Crippen LogP) is 3.41. The van der Waals surface area contributed by atoms with E-state index in [0.717, 1.165) is 25.0 Å². The van der Waals surface area contributed by atoms with Crippen molar-refractivity contribution >= 4 is 35.4 Å². The van der Waals surface area contributed by atoms with Crippen molar-refractivity contribution in [1.29, 1.82) is 0 Å². The number of fused-ring (bicyclic) bond motifs is 2. The third-order valence-electron chi connectivity index (χ3n) is 11.4. The van der Waals surface area contributed by atoms with E-state index in [1.807, 2.05) is 0 Å². The molecule has 4 amide bonds. The van der Waals surface area contributed by atoms with Crippen molar-refractivity contribution in [2.24, 2.45) is 17.8 Å². The second-order valence-electron chi connectivity index (χ2n) is 16.9. The number of esters is 1. The molecule has 0 aliphatic carbocycles. The van der Waals surface area contributed by atoms with Crippen LogP contribution in [0, 0.1) is 23.6 Å². The number of nitrogens with zero attached hydrogens (tertiary/aromatic N) is 2. The zero-order valence-corrected chi connectivity index (χ0v) is 36.8. The second kappa shape index (κ2) is 24.6. The number of nitrogens with one attached hydrogen (secondary N) is 3. The number of carbonyl (C=O) groups excluding carboxylic acids is 6. The van der Waals surface area contributed by atoms with Gasteiger partial charge in [-0.2, -0.15) is 0 Å². The first-order valence-electron chi connectivity index (χ1n) is 21.8. The number of allylic oxidation sites excluding steroid dienone is 4. The second-order valence-corrected chi connectivity index (χ2v) is 16.9. The molecule has 1 aromatic carbocycles. The standard InChI is InChI=1S/C46H64FN5O11/c1-28(2)41-44(59)48-37(26-32-24-33(47)27-34(54)25-32)45(60)51-21-13-17-36(50-51)46(61)63-39(29(3)14-11-20-40(56)52-22-9-10-23-62-52)19-8-6-7-18-38(55)31(5)42(57)35(43(58)49-41)16-12-15-30(4)53/h6-8,11,14,18,20,24-25,27-28,31,35-39,41-42,50,54-55,57H,9-10,12-13,15-17,19,21-23,26H2,1-5H3,(H,48,59)(H,49,58). The van der Waals surface area contributed by atoms with Crippen LogP contribution in [0.2, 0.25) is 0 Å². The van der Waals surface area contributed by atoms with E-state index in [2.05, 4.69) is 16.1 Å². The van der Waals surface area contributed by atoms with Gasteiger partial charge in [0, 0.05) is 50.4 Å². The molecule has 2 saturated heterocycles. The Morgan fingerprint density at radius 3 is 2.44 bits per heavy atom. The smallest absolute Gasteiger partial charge is 0.325 e. The van der Waals surface area contributed by atoms with E-state index in [1.54, 1.807) is 58.1 Å². The quantitative estimate of drug-likeness (QED) is 0.113. The van der Waals surface area contributed by atoms with Gasteiger partial charge in [-0.3, -0.25) is 33.8 Å². The van der Waals surface area contributed by atoms with Crippen molar-refractivity contribution in [2.75, 3.05) is 19.7 Å².